The number of aliphatic hydroxyl groups excluding tert-OH is 1. The molecule has 5 nitrogen and oxygen atoms in total. The molecule has 0 aromatic heterocycles. The van der Waals surface area contributed by atoms with Gasteiger partial charge in [0.15, 0.2) is 0 Å². The van der Waals surface area contributed by atoms with Crippen LogP contribution in [0, 0.1) is 5.92 Å². The molecule has 2 rings (SSSR count). The second kappa shape index (κ2) is 7.31. The summed E-state index contributed by atoms with van der Waals surface area (Å²) < 4.78 is 0. The Morgan fingerprint density at radius 2 is 2.14 bits per heavy atom. The molecule has 2 amide bonds. The van der Waals surface area contributed by atoms with Gasteiger partial charge < -0.3 is 14.9 Å². The number of benzene rings is 1. The van der Waals surface area contributed by atoms with E-state index in [1.54, 1.807) is 35.0 Å². The van der Waals surface area contributed by atoms with Crippen molar-refractivity contribution in [3.63, 3.8) is 0 Å². The maximum atomic E-state index is 12.6. The highest BCUT2D eigenvalue weighted by atomic mass is 35.5. The lowest BCUT2D eigenvalue weighted by atomic mass is 10.1. The second-order valence-electron chi connectivity index (χ2n) is 5.41. The fraction of sp³-hybridized carbons (Fsp3) is 0.467. The SMILES string of the molecule is CN1CC(C(=O)N(CCO)Cc2ccc(Cl)c(Cl)c2)CC1=O. The first-order chi connectivity index (χ1) is 10.4. The first-order valence-electron chi connectivity index (χ1n) is 7.00. The second-order valence-corrected chi connectivity index (χ2v) is 6.22. The quantitative estimate of drug-likeness (QED) is 0.885. The average molecular weight is 345 g/mol. The summed E-state index contributed by atoms with van der Waals surface area (Å²) in [5, 5.41) is 10.1. The van der Waals surface area contributed by atoms with Gasteiger partial charge in [-0.1, -0.05) is 29.3 Å². The summed E-state index contributed by atoms with van der Waals surface area (Å²) in [4.78, 5) is 27.2. The largest absolute Gasteiger partial charge is 0.395 e. The lowest BCUT2D eigenvalue weighted by molar-refractivity contribution is -0.137. The monoisotopic (exact) mass is 344 g/mol. The van der Waals surface area contributed by atoms with Gasteiger partial charge in [-0.2, -0.15) is 0 Å². The molecule has 1 unspecified atom stereocenters. The smallest absolute Gasteiger partial charge is 0.228 e. The van der Waals surface area contributed by atoms with Crippen molar-refractivity contribution in [2.24, 2.45) is 5.92 Å². The predicted octanol–water partition coefficient (Wildman–Crippen LogP) is 1.79. The van der Waals surface area contributed by atoms with Crippen LogP contribution in [-0.2, 0) is 16.1 Å². The Labute approximate surface area is 139 Å². The van der Waals surface area contributed by atoms with Crippen LogP contribution < -0.4 is 0 Å². The third-order valence-corrected chi connectivity index (χ3v) is 4.47. The highest BCUT2D eigenvalue weighted by Gasteiger charge is 2.34. The molecule has 0 spiro atoms. The highest BCUT2D eigenvalue weighted by Crippen LogP contribution is 2.24. The zero-order chi connectivity index (χ0) is 16.3. The van der Waals surface area contributed by atoms with E-state index >= 15 is 0 Å². The fourth-order valence-electron chi connectivity index (χ4n) is 2.53. The third-order valence-electron chi connectivity index (χ3n) is 3.73. The first kappa shape index (κ1) is 17.1. The maximum Gasteiger partial charge on any atom is 0.228 e. The van der Waals surface area contributed by atoms with Gasteiger partial charge in [0.1, 0.15) is 0 Å². The normalized spacial score (nSPS) is 17.9. The Morgan fingerprint density at radius 3 is 2.68 bits per heavy atom. The van der Waals surface area contributed by atoms with Crippen LogP contribution in [0.5, 0.6) is 0 Å². The van der Waals surface area contributed by atoms with Gasteiger partial charge in [0.05, 0.1) is 22.6 Å². The molecular weight excluding hydrogens is 327 g/mol. The number of halogens is 2. The number of carbonyl (C=O) groups excluding carboxylic acids is 2. The number of likely N-dealkylation sites (tertiary alicyclic amines) is 1. The summed E-state index contributed by atoms with van der Waals surface area (Å²) in [6.45, 7) is 0.822. The van der Waals surface area contributed by atoms with Crippen LogP contribution in [0.2, 0.25) is 10.0 Å². The van der Waals surface area contributed by atoms with Gasteiger partial charge in [0, 0.05) is 33.1 Å². The van der Waals surface area contributed by atoms with E-state index < -0.39 is 0 Å². The summed E-state index contributed by atoms with van der Waals surface area (Å²) >= 11 is 11.9. The lowest BCUT2D eigenvalue weighted by Gasteiger charge is -2.25. The molecule has 120 valence electrons. The van der Waals surface area contributed by atoms with Gasteiger partial charge in [0.2, 0.25) is 11.8 Å². The first-order valence-corrected chi connectivity index (χ1v) is 7.75. The van der Waals surface area contributed by atoms with Gasteiger partial charge in [-0.15, -0.1) is 0 Å². The van der Waals surface area contributed by atoms with Crippen molar-refractivity contribution in [3.8, 4) is 0 Å². The van der Waals surface area contributed by atoms with Crippen LogP contribution >= 0.6 is 23.2 Å². The van der Waals surface area contributed by atoms with Crippen LogP contribution in [0.3, 0.4) is 0 Å². The zero-order valence-corrected chi connectivity index (χ0v) is 13.8. The van der Waals surface area contributed by atoms with E-state index in [4.69, 9.17) is 23.2 Å². The molecule has 0 radical (unpaired) electrons. The van der Waals surface area contributed by atoms with Gasteiger partial charge in [0.25, 0.3) is 0 Å². The molecule has 1 heterocycles. The number of rotatable bonds is 5. The topological polar surface area (TPSA) is 60.9 Å². The summed E-state index contributed by atoms with van der Waals surface area (Å²) in [6.07, 6.45) is 0.221. The Kier molecular flexibility index (Phi) is 5.67. The molecule has 1 aliphatic rings. The Morgan fingerprint density at radius 1 is 1.41 bits per heavy atom. The highest BCUT2D eigenvalue weighted by molar-refractivity contribution is 6.42. The molecule has 7 heteroatoms. The van der Waals surface area contributed by atoms with Gasteiger partial charge in [-0.25, -0.2) is 0 Å². The van der Waals surface area contributed by atoms with E-state index in [1.165, 1.54) is 0 Å². The van der Waals surface area contributed by atoms with Gasteiger partial charge >= 0.3 is 0 Å². The lowest BCUT2D eigenvalue weighted by Crippen LogP contribution is -2.38. The van der Waals surface area contributed by atoms with E-state index in [1.807, 2.05) is 0 Å². The van der Waals surface area contributed by atoms with Crippen molar-refractivity contribution in [2.75, 3.05) is 26.7 Å². The molecule has 1 saturated heterocycles. The molecule has 1 fully saturated rings. The van der Waals surface area contributed by atoms with Crippen LogP contribution in [0.1, 0.15) is 12.0 Å². The van der Waals surface area contributed by atoms with Crippen LogP contribution in [0.15, 0.2) is 18.2 Å². The molecule has 0 bridgehead atoms. The molecule has 0 saturated carbocycles. The molecule has 1 aromatic carbocycles. The standard InChI is InChI=1S/C15H18Cl2N2O3/c1-18-9-11(7-14(18)21)15(22)19(4-5-20)8-10-2-3-12(16)13(17)6-10/h2-3,6,11,20H,4-5,7-9H2,1H3. The summed E-state index contributed by atoms with van der Waals surface area (Å²) in [5.74, 6) is -0.513. The molecule has 1 N–H and O–H groups in total. The van der Waals surface area contributed by atoms with E-state index in [0.717, 1.165) is 5.56 Å². The van der Waals surface area contributed by atoms with Crippen LogP contribution in [0.4, 0.5) is 0 Å². The minimum atomic E-state index is -0.355. The van der Waals surface area contributed by atoms with Crippen LogP contribution in [0.25, 0.3) is 0 Å². The van der Waals surface area contributed by atoms with E-state index in [9.17, 15) is 14.7 Å². The number of carbonyl (C=O) groups is 2. The van der Waals surface area contributed by atoms with Crippen molar-refractivity contribution in [3.05, 3.63) is 33.8 Å². The third kappa shape index (κ3) is 3.91. The summed E-state index contributed by atoms with van der Waals surface area (Å²) in [7, 11) is 1.69. The summed E-state index contributed by atoms with van der Waals surface area (Å²) in [5.41, 5.74) is 0.828. The average Bonchev–Trinajstić information content (AvgIpc) is 2.81. The Hall–Kier alpha value is -1.30. The molecule has 22 heavy (non-hydrogen) atoms. The molecule has 1 atom stereocenters. The number of amides is 2. The maximum absolute atomic E-state index is 12.6. The predicted molar refractivity (Wildman–Crippen MR) is 84.7 cm³/mol. The Bertz CT molecular complexity index is 580. The van der Waals surface area contributed by atoms with Gasteiger partial charge in [-0.3, -0.25) is 9.59 Å². The van der Waals surface area contributed by atoms with Crippen molar-refractivity contribution in [2.45, 2.75) is 13.0 Å². The summed E-state index contributed by atoms with van der Waals surface area (Å²) in [6, 6.07) is 5.17. The number of hydrogen-bond donors (Lipinski definition) is 1. The van der Waals surface area contributed by atoms with Gasteiger partial charge in [-0.05, 0) is 17.7 Å². The van der Waals surface area contributed by atoms with Crippen molar-refractivity contribution >= 4 is 35.0 Å². The van der Waals surface area contributed by atoms with Crippen molar-refractivity contribution < 1.29 is 14.7 Å². The van der Waals surface area contributed by atoms with E-state index in [2.05, 4.69) is 0 Å². The minimum Gasteiger partial charge on any atom is -0.395 e. The van der Waals surface area contributed by atoms with Crippen LogP contribution in [-0.4, -0.2) is 53.5 Å². The van der Waals surface area contributed by atoms with E-state index in [0.29, 0.717) is 23.1 Å². The molecular formula is C15H18Cl2N2O3. The number of aliphatic hydroxyl groups is 1. The number of nitrogens with zero attached hydrogens (tertiary/aromatic N) is 2. The molecule has 1 aliphatic heterocycles. The van der Waals surface area contributed by atoms with E-state index in [-0.39, 0.29) is 37.3 Å². The zero-order valence-electron chi connectivity index (χ0n) is 12.3. The Balaban J connectivity index is 2.10. The fourth-order valence-corrected chi connectivity index (χ4v) is 2.85. The van der Waals surface area contributed by atoms with Crippen molar-refractivity contribution in [1.82, 2.24) is 9.80 Å². The molecule has 1 aromatic rings. The molecule has 0 aliphatic carbocycles. The minimum absolute atomic E-state index is 0.0307. The van der Waals surface area contributed by atoms with Crippen molar-refractivity contribution in [1.29, 1.82) is 0 Å². The number of hydrogen-bond acceptors (Lipinski definition) is 3.